The molecular weight excluding hydrogens is 274 g/mol. The standard InChI is InChI=1S/C14H25N3O4/c1-9(2)10(11(18)19)7-16-13(21)17-6-5-14(3,8-17)12(20)15-4/h9-10H,5-8H2,1-4H3,(H,15,20)(H,16,21)(H,18,19). The summed E-state index contributed by atoms with van der Waals surface area (Å²) in [6.45, 7) is 6.38. The summed E-state index contributed by atoms with van der Waals surface area (Å²) in [5.74, 6) is -1.66. The molecule has 0 saturated carbocycles. The Balaban J connectivity index is 2.55. The van der Waals surface area contributed by atoms with Crippen LogP contribution in [0, 0.1) is 17.3 Å². The highest BCUT2D eigenvalue weighted by Crippen LogP contribution is 2.29. The van der Waals surface area contributed by atoms with Gasteiger partial charge in [-0.1, -0.05) is 13.8 Å². The second-order valence-electron chi connectivity index (χ2n) is 6.19. The molecule has 2 unspecified atom stereocenters. The predicted octanol–water partition coefficient (Wildman–Crippen LogP) is 0.511. The van der Waals surface area contributed by atoms with Gasteiger partial charge in [0.15, 0.2) is 0 Å². The molecule has 0 spiro atoms. The molecule has 2 atom stereocenters. The first kappa shape index (κ1) is 17.3. The fourth-order valence-electron chi connectivity index (χ4n) is 2.54. The molecule has 21 heavy (non-hydrogen) atoms. The average Bonchev–Trinajstić information content (AvgIpc) is 2.81. The van der Waals surface area contributed by atoms with Gasteiger partial charge < -0.3 is 20.6 Å². The minimum Gasteiger partial charge on any atom is -0.481 e. The zero-order valence-electron chi connectivity index (χ0n) is 13.1. The van der Waals surface area contributed by atoms with E-state index in [0.29, 0.717) is 19.5 Å². The Kier molecular flexibility index (Phi) is 5.57. The van der Waals surface area contributed by atoms with E-state index in [0.717, 1.165) is 0 Å². The van der Waals surface area contributed by atoms with E-state index < -0.39 is 17.3 Å². The minimum absolute atomic E-state index is 0.0579. The predicted molar refractivity (Wildman–Crippen MR) is 77.7 cm³/mol. The van der Waals surface area contributed by atoms with Gasteiger partial charge in [-0.25, -0.2) is 4.79 Å². The molecule has 0 radical (unpaired) electrons. The summed E-state index contributed by atoms with van der Waals surface area (Å²) in [4.78, 5) is 36.5. The van der Waals surface area contributed by atoms with Gasteiger partial charge in [-0.3, -0.25) is 9.59 Å². The first-order chi connectivity index (χ1) is 9.71. The lowest BCUT2D eigenvalue weighted by molar-refractivity contribution is -0.143. The van der Waals surface area contributed by atoms with Crippen molar-refractivity contribution in [3.05, 3.63) is 0 Å². The Hall–Kier alpha value is -1.79. The normalized spacial score (nSPS) is 23.0. The van der Waals surface area contributed by atoms with Gasteiger partial charge in [0.2, 0.25) is 5.91 Å². The maximum atomic E-state index is 12.1. The monoisotopic (exact) mass is 299 g/mol. The van der Waals surface area contributed by atoms with Crippen LogP contribution in [-0.4, -0.2) is 54.6 Å². The molecule has 120 valence electrons. The van der Waals surface area contributed by atoms with Crippen LogP contribution < -0.4 is 10.6 Å². The second-order valence-corrected chi connectivity index (χ2v) is 6.19. The number of aliphatic carboxylic acids is 1. The van der Waals surface area contributed by atoms with Gasteiger partial charge in [-0.05, 0) is 19.3 Å². The Labute approximate surface area is 125 Å². The van der Waals surface area contributed by atoms with Crippen molar-refractivity contribution < 1.29 is 19.5 Å². The lowest BCUT2D eigenvalue weighted by Crippen LogP contribution is -2.45. The van der Waals surface area contributed by atoms with E-state index in [1.54, 1.807) is 11.9 Å². The van der Waals surface area contributed by atoms with Crippen molar-refractivity contribution >= 4 is 17.9 Å². The molecule has 1 fully saturated rings. The van der Waals surface area contributed by atoms with Gasteiger partial charge in [0, 0.05) is 26.7 Å². The van der Waals surface area contributed by atoms with Gasteiger partial charge in [0.05, 0.1) is 11.3 Å². The Bertz CT molecular complexity index is 424. The maximum Gasteiger partial charge on any atom is 0.317 e. The summed E-state index contributed by atoms with van der Waals surface area (Å²) in [5.41, 5.74) is -0.573. The van der Waals surface area contributed by atoms with Gasteiger partial charge in [-0.2, -0.15) is 0 Å². The molecule has 1 heterocycles. The molecule has 1 rings (SSSR count). The van der Waals surface area contributed by atoms with Crippen LogP contribution in [0.25, 0.3) is 0 Å². The highest BCUT2D eigenvalue weighted by molar-refractivity contribution is 5.84. The third-order valence-corrected chi connectivity index (χ3v) is 4.13. The highest BCUT2D eigenvalue weighted by atomic mass is 16.4. The first-order valence-electron chi connectivity index (χ1n) is 7.19. The number of nitrogens with one attached hydrogen (secondary N) is 2. The van der Waals surface area contributed by atoms with Crippen molar-refractivity contribution in [2.24, 2.45) is 17.3 Å². The molecule has 0 aliphatic carbocycles. The zero-order chi connectivity index (χ0) is 16.2. The number of likely N-dealkylation sites (tertiary alicyclic amines) is 1. The molecule has 7 heteroatoms. The average molecular weight is 299 g/mol. The minimum atomic E-state index is -0.915. The van der Waals surface area contributed by atoms with Gasteiger partial charge in [0.1, 0.15) is 0 Å². The molecule has 7 nitrogen and oxygen atoms in total. The number of nitrogens with zero attached hydrogens (tertiary/aromatic N) is 1. The Morgan fingerprint density at radius 2 is 1.95 bits per heavy atom. The molecule has 0 aromatic rings. The number of amides is 3. The fraction of sp³-hybridized carbons (Fsp3) is 0.786. The lowest BCUT2D eigenvalue weighted by Gasteiger charge is -2.24. The van der Waals surface area contributed by atoms with Crippen LogP contribution in [0.15, 0.2) is 0 Å². The highest BCUT2D eigenvalue weighted by Gasteiger charge is 2.41. The summed E-state index contributed by atoms with van der Waals surface area (Å²) in [6, 6.07) is -0.311. The molecule has 1 saturated heterocycles. The number of urea groups is 1. The third-order valence-electron chi connectivity index (χ3n) is 4.13. The van der Waals surface area contributed by atoms with Gasteiger partial charge in [0.25, 0.3) is 0 Å². The van der Waals surface area contributed by atoms with Gasteiger partial charge in [-0.15, -0.1) is 0 Å². The van der Waals surface area contributed by atoms with Gasteiger partial charge >= 0.3 is 12.0 Å². The summed E-state index contributed by atoms with van der Waals surface area (Å²) in [7, 11) is 1.58. The van der Waals surface area contributed by atoms with E-state index in [-0.39, 0.29) is 24.4 Å². The number of hydrogen-bond acceptors (Lipinski definition) is 3. The van der Waals surface area contributed by atoms with Crippen molar-refractivity contribution in [3.63, 3.8) is 0 Å². The van der Waals surface area contributed by atoms with E-state index in [1.165, 1.54) is 0 Å². The van der Waals surface area contributed by atoms with Crippen molar-refractivity contribution in [1.82, 2.24) is 15.5 Å². The van der Waals surface area contributed by atoms with Crippen molar-refractivity contribution in [3.8, 4) is 0 Å². The van der Waals surface area contributed by atoms with E-state index in [1.807, 2.05) is 20.8 Å². The molecule has 0 bridgehead atoms. The number of hydrogen-bond donors (Lipinski definition) is 3. The Morgan fingerprint density at radius 1 is 1.33 bits per heavy atom. The topological polar surface area (TPSA) is 98.7 Å². The summed E-state index contributed by atoms with van der Waals surface area (Å²) in [5, 5.41) is 14.4. The number of rotatable bonds is 5. The summed E-state index contributed by atoms with van der Waals surface area (Å²) >= 11 is 0. The van der Waals surface area contributed by atoms with Crippen molar-refractivity contribution in [1.29, 1.82) is 0 Å². The third kappa shape index (κ3) is 4.09. The largest absolute Gasteiger partial charge is 0.481 e. The molecular formula is C14H25N3O4. The Morgan fingerprint density at radius 3 is 2.43 bits per heavy atom. The number of carbonyl (C=O) groups excluding carboxylic acids is 2. The maximum absolute atomic E-state index is 12.1. The van der Waals surface area contributed by atoms with E-state index in [4.69, 9.17) is 5.11 Å². The number of carboxylic acid groups (broad SMARTS) is 1. The molecule has 0 aromatic heterocycles. The smallest absolute Gasteiger partial charge is 0.317 e. The van der Waals surface area contributed by atoms with E-state index in [9.17, 15) is 14.4 Å². The van der Waals surface area contributed by atoms with Crippen LogP contribution in [0.3, 0.4) is 0 Å². The van der Waals surface area contributed by atoms with Crippen LogP contribution in [-0.2, 0) is 9.59 Å². The number of carboxylic acids is 1. The van der Waals surface area contributed by atoms with Crippen LogP contribution >= 0.6 is 0 Å². The molecule has 0 aromatic carbocycles. The lowest BCUT2D eigenvalue weighted by atomic mass is 9.89. The fourth-order valence-corrected chi connectivity index (χ4v) is 2.54. The SMILES string of the molecule is CNC(=O)C1(C)CCN(C(=O)NCC(C(=O)O)C(C)C)C1. The summed E-state index contributed by atoms with van der Waals surface area (Å²) < 4.78 is 0. The van der Waals surface area contributed by atoms with Crippen LogP contribution in [0.1, 0.15) is 27.2 Å². The van der Waals surface area contributed by atoms with Crippen molar-refractivity contribution in [2.45, 2.75) is 27.2 Å². The van der Waals surface area contributed by atoms with Crippen LogP contribution in [0.5, 0.6) is 0 Å². The van der Waals surface area contributed by atoms with E-state index >= 15 is 0 Å². The first-order valence-corrected chi connectivity index (χ1v) is 7.19. The zero-order valence-corrected chi connectivity index (χ0v) is 13.1. The van der Waals surface area contributed by atoms with Crippen LogP contribution in [0.4, 0.5) is 4.79 Å². The molecule has 1 aliphatic rings. The van der Waals surface area contributed by atoms with E-state index in [2.05, 4.69) is 10.6 Å². The van der Waals surface area contributed by atoms with Crippen molar-refractivity contribution in [2.75, 3.05) is 26.7 Å². The van der Waals surface area contributed by atoms with Crippen LogP contribution in [0.2, 0.25) is 0 Å². The second kappa shape index (κ2) is 6.78. The molecule has 3 N–H and O–H groups in total. The quantitative estimate of drug-likeness (QED) is 0.689. The number of carbonyl (C=O) groups is 3. The molecule has 3 amide bonds. The summed E-state index contributed by atoms with van der Waals surface area (Å²) in [6.07, 6.45) is 0.604. The molecule has 1 aliphatic heterocycles.